The zero-order valence-corrected chi connectivity index (χ0v) is 14.9. The Balaban J connectivity index is 0.000000301. The van der Waals surface area contributed by atoms with Crippen molar-refractivity contribution in [2.45, 2.75) is 36.5 Å². The number of nitrogens with zero attached hydrogens (tertiary/aromatic N) is 1. The predicted molar refractivity (Wildman–Crippen MR) is 91.8 cm³/mol. The number of aliphatic hydroxyl groups excluding tert-OH is 1. The van der Waals surface area contributed by atoms with Crippen LogP contribution in [0.5, 0.6) is 11.5 Å². The molecule has 8 nitrogen and oxygen atoms in total. The van der Waals surface area contributed by atoms with Crippen LogP contribution in [0.1, 0.15) is 17.5 Å². The van der Waals surface area contributed by atoms with Gasteiger partial charge in [-0.1, -0.05) is 18.2 Å². The molecule has 2 aliphatic heterocycles. The largest absolute Gasteiger partial charge is 0.504 e. The molecule has 2 aliphatic carbocycles. The highest BCUT2D eigenvalue weighted by molar-refractivity contribution is 7.79. The molecule has 4 aliphatic rings. The molecule has 0 unspecified atom stereocenters. The minimum Gasteiger partial charge on any atom is -0.504 e. The predicted octanol–water partition coefficient (Wildman–Crippen LogP) is 0.545. The molecule has 1 saturated heterocycles. The molecule has 0 aromatic heterocycles. The van der Waals surface area contributed by atoms with Gasteiger partial charge in [-0.25, -0.2) is 0 Å². The van der Waals surface area contributed by atoms with E-state index < -0.39 is 16.5 Å². The highest BCUT2D eigenvalue weighted by Gasteiger charge is 2.64. The fraction of sp³-hybridized carbons (Fsp3) is 0.529. The molecule has 4 N–H and O–H groups in total. The summed E-state index contributed by atoms with van der Waals surface area (Å²) >= 11 is 0. The number of likely N-dealkylation sites (N-methyl/N-ethyl adjacent to an activating group) is 1. The molecule has 5 rings (SSSR count). The van der Waals surface area contributed by atoms with Gasteiger partial charge in [-0.15, -0.1) is 0 Å². The van der Waals surface area contributed by atoms with E-state index in [1.54, 1.807) is 6.07 Å². The van der Waals surface area contributed by atoms with E-state index in [9.17, 15) is 10.2 Å². The average molecular weight is 383 g/mol. The SMILES string of the molecule is CN1CC[C@]23c4c5ccc(O)c4O[C@H]2[C@@H](O)C=C[C@H]3[C@H]1C5.O=S(=O)(O)O. The van der Waals surface area contributed by atoms with E-state index in [2.05, 4.69) is 18.0 Å². The number of piperidine rings is 1. The summed E-state index contributed by atoms with van der Waals surface area (Å²) in [5.41, 5.74) is 2.29. The lowest BCUT2D eigenvalue weighted by Gasteiger charge is -2.56. The van der Waals surface area contributed by atoms with E-state index in [-0.39, 0.29) is 17.3 Å². The minimum atomic E-state index is -4.67. The zero-order valence-electron chi connectivity index (χ0n) is 14.1. The van der Waals surface area contributed by atoms with Crippen molar-refractivity contribution in [2.75, 3.05) is 13.6 Å². The maximum Gasteiger partial charge on any atom is 0.394 e. The van der Waals surface area contributed by atoms with Gasteiger partial charge < -0.3 is 19.8 Å². The monoisotopic (exact) mass is 383 g/mol. The summed E-state index contributed by atoms with van der Waals surface area (Å²) in [6, 6.07) is 4.23. The van der Waals surface area contributed by atoms with Crippen molar-refractivity contribution in [3.05, 3.63) is 35.4 Å². The molecular weight excluding hydrogens is 362 g/mol. The lowest BCUT2D eigenvalue weighted by molar-refractivity contribution is -0.0453. The summed E-state index contributed by atoms with van der Waals surface area (Å²) in [6.45, 7) is 1.01. The van der Waals surface area contributed by atoms with Crippen LogP contribution in [-0.4, -0.2) is 64.5 Å². The molecule has 9 heteroatoms. The van der Waals surface area contributed by atoms with E-state index in [4.69, 9.17) is 22.3 Å². The molecule has 1 aromatic rings. The highest BCUT2D eigenvalue weighted by atomic mass is 32.3. The first-order valence-electron chi connectivity index (χ1n) is 8.41. The second-order valence-electron chi connectivity index (χ2n) is 7.38. The van der Waals surface area contributed by atoms with Crippen LogP contribution >= 0.6 is 0 Å². The third-order valence-electron chi connectivity index (χ3n) is 6.15. The van der Waals surface area contributed by atoms with Crippen molar-refractivity contribution < 1.29 is 32.5 Å². The average Bonchev–Trinajstić information content (AvgIpc) is 2.89. The Morgan fingerprint density at radius 2 is 1.96 bits per heavy atom. The van der Waals surface area contributed by atoms with Gasteiger partial charge in [-0.3, -0.25) is 9.11 Å². The number of hydrogen-bond donors (Lipinski definition) is 4. The van der Waals surface area contributed by atoms with Gasteiger partial charge in [0, 0.05) is 22.9 Å². The first-order valence-corrected chi connectivity index (χ1v) is 9.81. The standard InChI is InChI=1S/C17H19NO3.H2O4S/c1-18-7-6-17-10-3-5-13(20)16(17)21-15-12(19)4-2-9(14(15)17)8-11(10)18;1-5(2,3)4/h2-5,10-11,13,16,19-20H,6-8H2,1H3;(H2,1,2,3,4)/t10-,11+,13-,16-,17-;/m0./s1. The summed E-state index contributed by atoms with van der Waals surface area (Å²) in [4.78, 5) is 2.43. The topological polar surface area (TPSA) is 128 Å². The van der Waals surface area contributed by atoms with Crippen molar-refractivity contribution in [1.29, 1.82) is 0 Å². The number of hydrogen-bond acceptors (Lipinski definition) is 6. The summed E-state index contributed by atoms with van der Waals surface area (Å²) in [5, 5.41) is 20.6. The molecule has 0 saturated carbocycles. The number of aromatic hydroxyl groups is 1. The van der Waals surface area contributed by atoms with Crippen LogP contribution in [-0.2, 0) is 22.2 Å². The summed E-state index contributed by atoms with van der Waals surface area (Å²) < 4.78 is 37.7. The second-order valence-corrected chi connectivity index (χ2v) is 8.27. The fourth-order valence-corrected chi connectivity index (χ4v) is 5.24. The van der Waals surface area contributed by atoms with Gasteiger partial charge in [0.05, 0.1) is 0 Å². The molecule has 2 heterocycles. The van der Waals surface area contributed by atoms with Crippen molar-refractivity contribution in [3.63, 3.8) is 0 Å². The lowest BCUT2D eigenvalue weighted by Crippen LogP contribution is -2.64. The Bertz CT molecular complexity index is 875. The van der Waals surface area contributed by atoms with E-state index >= 15 is 0 Å². The van der Waals surface area contributed by atoms with Crippen molar-refractivity contribution in [2.24, 2.45) is 5.92 Å². The van der Waals surface area contributed by atoms with Crippen molar-refractivity contribution in [1.82, 2.24) is 4.90 Å². The molecule has 0 radical (unpaired) electrons. The molecule has 142 valence electrons. The highest BCUT2D eigenvalue weighted by Crippen LogP contribution is 2.62. The van der Waals surface area contributed by atoms with Gasteiger partial charge in [0.25, 0.3) is 0 Å². The van der Waals surface area contributed by atoms with Crippen LogP contribution in [0.2, 0.25) is 0 Å². The fourth-order valence-electron chi connectivity index (χ4n) is 5.24. The third kappa shape index (κ3) is 2.46. The zero-order chi connectivity index (χ0) is 18.9. The Hall–Kier alpha value is -1.65. The maximum absolute atomic E-state index is 10.4. The van der Waals surface area contributed by atoms with Crippen molar-refractivity contribution in [3.8, 4) is 11.5 Å². The van der Waals surface area contributed by atoms with Crippen LogP contribution in [0.3, 0.4) is 0 Å². The van der Waals surface area contributed by atoms with Gasteiger partial charge >= 0.3 is 10.4 Å². The Morgan fingerprint density at radius 3 is 2.65 bits per heavy atom. The first kappa shape index (κ1) is 17.7. The molecular formula is C17H21NO7S. The molecule has 2 bridgehead atoms. The molecule has 1 aromatic carbocycles. The van der Waals surface area contributed by atoms with Gasteiger partial charge in [-0.05, 0) is 38.1 Å². The van der Waals surface area contributed by atoms with E-state index in [0.717, 1.165) is 19.4 Å². The first-order chi connectivity index (χ1) is 12.1. The lowest BCUT2D eigenvalue weighted by atomic mass is 9.53. The number of aliphatic hydroxyl groups is 1. The van der Waals surface area contributed by atoms with Crippen LogP contribution in [0.25, 0.3) is 0 Å². The van der Waals surface area contributed by atoms with Gasteiger partial charge in [0.15, 0.2) is 11.5 Å². The van der Waals surface area contributed by atoms with Crippen LogP contribution < -0.4 is 4.74 Å². The van der Waals surface area contributed by atoms with E-state index in [1.165, 1.54) is 11.1 Å². The summed E-state index contributed by atoms with van der Waals surface area (Å²) in [6.07, 6.45) is 5.18. The number of rotatable bonds is 0. The van der Waals surface area contributed by atoms with E-state index in [0.29, 0.717) is 17.7 Å². The van der Waals surface area contributed by atoms with Crippen LogP contribution in [0.4, 0.5) is 0 Å². The van der Waals surface area contributed by atoms with Gasteiger partial charge in [-0.2, -0.15) is 8.42 Å². The number of ether oxygens (including phenoxy) is 1. The molecule has 26 heavy (non-hydrogen) atoms. The van der Waals surface area contributed by atoms with Crippen LogP contribution in [0.15, 0.2) is 24.3 Å². The van der Waals surface area contributed by atoms with Crippen molar-refractivity contribution >= 4 is 10.4 Å². The Labute approximate surface area is 151 Å². The molecule has 5 atom stereocenters. The second kappa shape index (κ2) is 5.67. The number of phenols is 1. The smallest absolute Gasteiger partial charge is 0.394 e. The van der Waals surface area contributed by atoms with Gasteiger partial charge in [0.2, 0.25) is 0 Å². The summed E-state index contributed by atoms with van der Waals surface area (Å²) in [7, 11) is -2.48. The quantitative estimate of drug-likeness (QED) is 0.378. The number of benzene rings is 1. The normalized spacial score (nSPS) is 36.6. The van der Waals surface area contributed by atoms with E-state index in [1.807, 2.05) is 12.1 Å². The third-order valence-corrected chi connectivity index (χ3v) is 6.15. The van der Waals surface area contributed by atoms with Gasteiger partial charge in [0.1, 0.15) is 12.2 Å². The van der Waals surface area contributed by atoms with Crippen LogP contribution in [0, 0.1) is 5.92 Å². The minimum absolute atomic E-state index is 0.160. The number of likely N-dealkylation sites (tertiary alicyclic amines) is 1. The molecule has 1 fully saturated rings. The Kier molecular flexibility index (Phi) is 3.87. The summed E-state index contributed by atoms with van der Waals surface area (Å²) in [5.74, 6) is 1.19. The Morgan fingerprint density at radius 1 is 1.27 bits per heavy atom. The number of phenolic OH excluding ortho intramolecular Hbond substituents is 1. The molecule has 0 amide bonds. The maximum atomic E-state index is 10.4. The molecule has 1 spiro atoms.